The highest BCUT2D eigenvalue weighted by atomic mass is 19.2. The molecule has 0 atom stereocenters. The van der Waals surface area contributed by atoms with Crippen LogP contribution in [0, 0.1) is 23.4 Å². The van der Waals surface area contributed by atoms with E-state index >= 15 is 0 Å². The molecule has 2 fully saturated rings. The molecule has 0 N–H and O–H groups in total. The lowest BCUT2D eigenvalue weighted by Gasteiger charge is -2.32. The quantitative estimate of drug-likeness (QED) is 0.468. The molecule has 0 heterocycles. The van der Waals surface area contributed by atoms with Crippen LogP contribution in [0.4, 0.5) is 13.2 Å². The molecule has 1 aromatic carbocycles. The van der Waals surface area contributed by atoms with Gasteiger partial charge in [0.2, 0.25) is 0 Å². The lowest BCUT2D eigenvalue weighted by atomic mass is 9.76. The van der Waals surface area contributed by atoms with E-state index in [0.717, 1.165) is 56.4 Å². The monoisotopic (exact) mass is 338 g/mol. The Morgan fingerprint density at radius 2 is 1.50 bits per heavy atom. The highest BCUT2D eigenvalue weighted by molar-refractivity contribution is 5.24. The number of hydrogen-bond donors (Lipinski definition) is 0. The fourth-order valence-electron chi connectivity index (χ4n) is 4.32. The first-order chi connectivity index (χ1) is 11.6. The van der Waals surface area contributed by atoms with Crippen LogP contribution in [0.5, 0.6) is 0 Å². The molecule has 0 bridgehead atoms. The van der Waals surface area contributed by atoms with E-state index in [2.05, 4.69) is 0 Å². The summed E-state index contributed by atoms with van der Waals surface area (Å²) in [5.41, 5.74) is 2.04. The summed E-state index contributed by atoms with van der Waals surface area (Å²) in [7, 11) is 1.76. The van der Waals surface area contributed by atoms with Gasteiger partial charge in [-0.2, -0.15) is 0 Å². The summed E-state index contributed by atoms with van der Waals surface area (Å²) in [5, 5.41) is 0. The molecule has 0 aromatic heterocycles. The minimum absolute atomic E-state index is 0.0975. The molecule has 0 radical (unpaired) electrons. The molecule has 4 heteroatoms. The topological polar surface area (TPSA) is 9.23 Å². The van der Waals surface area contributed by atoms with E-state index in [9.17, 15) is 13.2 Å². The Labute approximate surface area is 141 Å². The summed E-state index contributed by atoms with van der Waals surface area (Å²) in [6, 6.07) is 2.31. The Kier molecular flexibility index (Phi) is 5.52. The average Bonchev–Trinajstić information content (AvgIpc) is 2.61. The molecule has 132 valence electrons. The standard InChI is InChI=1S/C20H25F3O/c1-24-20(14-5-3-2-4-6-14)15-9-7-13(8-10-15)16-11-17(21)19(23)18(22)12-16/h11-13,15H,2-10H2,1H3/t13-,15-. The molecule has 2 aliphatic carbocycles. The molecular weight excluding hydrogens is 313 g/mol. The molecule has 0 saturated heterocycles. The van der Waals surface area contributed by atoms with Crippen molar-refractivity contribution in [2.45, 2.75) is 63.7 Å². The molecule has 2 aliphatic rings. The summed E-state index contributed by atoms with van der Waals surface area (Å²) >= 11 is 0. The van der Waals surface area contributed by atoms with Gasteiger partial charge in [-0.1, -0.05) is 6.42 Å². The van der Waals surface area contributed by atoms with E-state index in [1.165, 1.54) is 24.8 Å². The largest absolute Gasteiger partial charge is 0.501 e. The minimum Gasteiger partial charge on any atom is -0.501 e. The fraction of sp³-hybridized carbons (Fsp3) is 0.600. The van der Waals surface area contributed by atoms with Gasteiger partial charge < -0.3 is 4.74 Å². The Hall–Kier alpha value is -1.45. The van der Waals surface area contributed by atoms with Crippen molar-refractivity contribution in [2.24, 2.45) is 5.92 Å². The van der Waals surface area contributed by atoms with Crippen LogP contribution in [0.15, 0.2) is 23.5 Å². The van der Waals surface area contributed by atoms with Gasteiger partial charge in [0.1, 0.15) is 0 Å². The van der Waals surface area contributed by atoms with Crippen LogP contribution in [0.25, 0.3) is 0 Å². The van der Waals surface area contributed by atoms with Crippen LogP contribution in [-0.2, 0) is 4.74 Å². The maximum Gasteiger partial charge on any atom is 0.194 e. The van der Waals surface area contributed by atoms with Gasteiger partial charge in [0.05, 0.1) is 12.9 Å². The van der Waals surface area contributed by atoms with Gasteiger partial charge in [-0.3, -0.25) is 0 Å². The summed E-state index contributed by atoms with van der Waals surface area (Å²) in [5.74, 6) is -1.89. The Balaban J connectivity index is 1.69. The van der Waals surface area contributed by atoms with Gasteiger partial charge in [-0.15, -0.1) is 0 Å². The number of methoxy groups -OCH3 is 1. The fourth-order valence-corrected chi connectivity index (χ4v) is 4.32. The zero-order valence-electron chi connectivity index (χ0n) is 14.2. The van der Waals surface area contributed by atoms with Crippen molar-refractivity contribution in [1.29, 1.82) is 0 Å². The molecule has 0 aliphatic heterocycles. The van der Waals surface area contributed by atoms with Crippen LogP contribution < -0.4 is 0 Å². The molecule has 1 aromatic rings. The van der Waals surface area contributed by atoms with E-state index in [1.54, 1.807) is 7.11 Å². The van der Waals surface area contributed by atoms with Crippen molar-refractivity contribution in [1.82, 2.24) is 0 Å². The predicted octanol–water partition coefficient (Wildman–Crippen LogP) is 6.24. The maximum atomic E-state index is 13.5. The molecule has 0 amide bonds. The lowest BCUT2D eigenvalue weighted by molar-refractivity contribution is 0.198. The third kappa shape index (κ3) is 3.62. The summed E-state index contributed by atoms with van der Waals surface area (Å²) in [6.45, 7) is 0. The first-order valence-corrected chi connectivity index (χ1v) is 9.00. The van der Waals surface area contributed by atoms with Gasteiger partial charge in [0, 0.05) is 5.92 Å². The van der Waals surface area contributed by atoms with Gasteiger partial charge in [0.25, 0.3) is 0 Å². The van der Waals surface area contributed by atoms with Crippen molar-refractivity contribution < 1.29 is 17.9 Å². The SMILES string of the molecule is COC(=C1CCCCC1)[C@H]1CC[C@H](c2cc(F)c(F)c(F)c2)CC1. The van der Waals surface area contributed by atoms with E-state index in [0.29, 0.717) is 11.5 Å². The predicted molar refractivity (Wildman–Crippen MR) is 88.1 cm³/mol. The van der Waals surface area contributed by atoms with Crippen LogP contribution >= 0.6 is 0 Å². The number of ether oxygens (including phenoxy) is 1. The van der Waals surface area contributed by atoms with Crippen LogP contribution in [-0.4, -0.2) is 7.11 Å². The van der Waals surface area contributed by atoms with Gasteiger partial charge >= 0.3 is 0 Å². The number of allylic oxidation sites excluding steroid dienone is 2. The summed E-state index contributed by atoms with van der Waals surface area (Å²) in [6.07, 6.45) is 9.68. The van der Waals surface area contributed by atoms with Gasteiger partial charge in [-0.25, -0.2) is 13.2 Å². The van der Waals surface area contributed by atoms with E-state index in [1.807, 2.05) is 0 Å². The van der Waals surface area contributed by atoms with Gasteiger partial charge in [-0.05, 0) is 80.6 Å². The minimum atomic E-state index is -1.38. The number of halogens is 3. The number of hydrogen-bond acceptors (Lipinski definition) is 1. The first-order valence-electron chi connectivity index (χ1n) is 9.00. The second-order valence-electron chi connectivity index (χ2n) is 7.08. The average molecular weight is 338 g/mol. The van der Waals surface area contributed by atoms with Crippen LogP contribution in [0.1, 0.15) is 69.3 Å². The van der Waals surface area contributed by atoms with E-state index in [4.69, 9.17) is 4.74 Å². The van der Waals surface area contributed by atoms with Crippen molar-refractivity contribution >= 4 is 0 Å². The molecule has 0 spiro atoms. The normalized spacial score (nSPS) is 24.8. The molecule has 2 saturated carbocycles. The number of rotatable bonds is 3. The Morgan fingerprint density at radius 1 is 0.917 bits per heavy atom. The third-order valence-corrected chi connectivity index (χ3v) is 5.60. The van der Waals surface area contributed by atoms with Crippen LogP contribution in [0.3, 0.4) is 0 Å². The molecule has 1 nitrogen and oxygen atoms in total. The van der Waals surface area contributed by atoms with Crippen molar-refractivity contribution in [3.05, 3.63) is 46.5 Å². The van der Waals surface area contributed by atoms with Crippen molar-refractivity contribution in [3.8, 4) is 0 Å². The molecular formula is C20H25F3O. The zero-order chi connectivity index (χ0) is 17.1. The molecule has 24 heavy (non-hydrogen) atoms. The highest BCUT2D eigenvalue weighted by Crippen LogP contribution is 2.41. The molecule has 3 rings (SSSR count). The summed E-state index contributed by atoms with van der Waals surface area (Å²) < 4.78 is 45.8. The van der Waals surface area contributed by atoms with Crippen molar-refractivity contribution in [2.75, 3.05) is 7.11 Å². The lowest BCUT2D eigenvalue weighted by Crippen LogP contribution is -2.18. The second-order valence-corrected chi connectivity index (χ2v) is 7.08. The highest BCUT2D eigenvalue weighted by Gasteiger charge is 2.28. The van der Waals surface area contributed by atoms with E-state index in [-0.39, 0.29) is 5.92 Å². The smallest absolute Gasteiger partial charge is 0.194 e. The zero-order valence-corrected chi connectivity index (χ0v) is 14.2. The summed E-state index contributed by atoms with van der Waals surface area (Å²) in [4.78, 5) is 0. The van der Waals surface area contributed by atoms with Crippen molar-refractivity contribution in [3.63, 3.8) is 0 Å². The Morgan fingerprint density at radius 3 is 2.04 bits per heavy atom. The Bertz CT molecular complexity index is 584. The van der Waals surface area contributed by atoms with E-state index < -0.39 is 17.5 Å². The van der Waals surface area contributed by atoms with Gasteiger partial charge in [0.15, 0.2) is 17.5 Å². The second kappa shape index (κ2) is 7.62. The number of benzene rings is 1. The molecule has 0 unspecified atom stereocenters. The maximum absolute atomic E-state index is 13.5. The first kappa shape index (κ1) is 17.4. The van der Waals surface area contributed by atoms with Crippen LogP contribution in [0.2, 0.25) is 0 Å². The third-order valence-electron chi connectivity index (χ3n) is 5.60.